The van der Waals surface area contributed by atoms with Crippen molar-refractivity contribution in [2.24, 2.45) is 0 Å². The average Bonchev–Trinajstić information content (AvgIpc) is 2.21. The Labute approximate surface area is 105 Å². The van der Waals surface area contributed by atoms with E-state index >= 15 is 0 Å². The summed E-state index contributed by atoms with van der Waals surface area (Å²) in [6, 6.07) is 5.72. The van der Waals surface area contributed by atoms with Gasteiger partial charge in [-0.15, -0.1) is 0 Å². The topological polar surface area (TPSA) is 32.3 Å². The number of halogens is 2. The van der Waals surface area contributed by atoms with E-state index in [1.54, 1.807) is 0 Å². The highest BCUT2D eigenvalue weighted by Gasteiger charge is 2.44. The quantitative estimate of drug-likeness (QED) is 0.896. The zero-order chi connectivity index (χ0) is 13.3. The van der Waals surface area contributed by atoms with Crippen LogP contribution in [0, 0.1) is 13.8 Å². The van der Waals surface area contributed by atoms with Crippen LogP contribution in [0.25, 0.3) is 0 Å². The summed E-state index contributed by atoms with van der Waals surface area (Å²) < 4.78 is 25.2. The first-order valence-electron chi connectivity index (χ1n) is 5.84. The fourth-order valence-electron chi connectivity index (χ4n) is 2.11. The Morgan fingerprint density at radius 1 is 1.33 bits per heavy atom. The van der Waals surface area contributed by atoms with Gasteiger partial charge in [-0.2, -0.15) is 0 Å². The molecule has 1 aliphatic rings. The molecular formula is C13H16F2N2O. The Kier molecular flexibility index (Phi) is 3.34. The van der Waals surface area contributed by atoms with Crippen LogP contribution in [0.3, 0.4) is 0 Å². The molecule has 98 valence electrons. The van der Waals surface area contributed by atoms with E-state index in [1.807, 2.05) is 32.0 Å². The molecule has 1 aliphatic heterocycles. The van der Waals surface area contributed by atoms with Crippen molar-refractivity contribution < 1.29 is 13.6 Å². The summed E-state index contributed by atoms with van der Waals surface area (Å²) in [6.07, 6.45) is 0. The van der Waals surface area contributed by atoms with Gasteiger partial charge < -0.3 is 5.32 Å². The van der Waals surface area contributed by atoms with Crippen LogP contribution in [-0.4, -0.2) is 36.4 Å². The van der Waals surface area contributed by atoms with Gasteiger partial charge in [0.1, 0.15) is 0 Å². The van der Waals surface area contributed by atoms with Crippen molar-refractivity contribution in [2.75, 3.05) is 25.0 Å². The normalized spacial score (nSPS) is 18.2. The highest BCUT2D eigenvalue weighted by molar-refractivity contribution is 5.93. The van der Waals surface area contributed by atoms with Gasteiger partial charge in [-0.25, -0.2) is 8.78 Å². The van der Waals surface area contributed by atoms with Gasteiger partial charge in [-0.05, 0) is 25.0 Å². The van der Waals surface area contributed by atoms with E-state index < -0.39 is 5.92 Å². The standard InChI is InChI=1S/C13H16F2N2O/c1-9-4-3-5-10(2)12(9)16-11(18)6-17-7-13(14,15)8-17/h3-5H,6-8H2,1-2H3,(H,16,18). The van der Waals surface area contributed by atoms with Crippen LogP contribution >= 0.6 is 0 Å². The zero-order valence-corrected chi connectivity index (χ0v) is 10.5. The molecule has 1 fully saturated rings. The third kappa shape index (κ3) is 2.85. The summed E-state index contributed by atoms with van der Waals surface area (Å²) in [6.45, 7) is 3.17. The maximum atomic E-state index is 12.6. The molecule has 18 heavy (non-hydrogen) atoms. The van der Waals surface area contributed by atoms with Crippen molar-refractivity contribution in [1.82, 2.24) is 4.90 Å². The maximum absolute atomic E-state index is 12.6. The van der Waals surface area contributed by atoms with Crippen molar-refractivity contribution >= 4 is 11.6 Å². The second-order valence-corrected chi connectivity index (χ2v) is 4.82. The van der Waals surface area contributed by atoms with Gasteiger partial charge >= 0.3 is 0 Å². The van der Waals surface area contributed by atoms with E-state index in [4.69, 9.17) is 0 Å². The van der Waals surface area contributed by atoms with E-state index in [9.17, 15) is 13.6 Å². The minimum absolute atomic E-state index is 0.0172. The third-order valence-corrected chi connectivity index (χ3v) is 3.02. The molecule has 1 aromatic carbocycles. The molecule has 0 radical (unpaired) electrons. The highest BCUT2D eigenvalue weighted by atomic mass is 19.3. The molecule has 0 atom stereocenters. The van der Waals surface area contributed by atoms with Crippen LogP contribution in [-0.2, 0) is 4.79 Å². The van der Waals surface area contributed by atoms with Crippen LogP contribution in [0.2, 0.25) is 0 Å². The summed E-state index contributed by atoms with van der Waals surface area (Å²) in [7, 11) is 0. The predicted octanol–water partition coefficient (Wildman–Crippen LogP) is 2.19. The average molecular weight is 254 g/mol. The third-order valence-electron chi connectivity index (χ3n) is 3.02. The summed E-state index contributed by atoms with van der Waals surface area (Å²) in [5, 5.41) is 2.78. The predicted molar refractivity (Wildman–Crippen MR) is 65.9 cm³/mol. The summed E-state index contributed by atoms with van der Waals surface area (Å²) in [4.78, 5) is 13.2. The molecule has 0 aliphatic carbocycles. The van der Waals surface area contributed by atoms with E-state index in [0.717, 1.165) is 16.8 Å². The molecule has 3 nitrogen and oxygen atoms in total. The number of benzene rings is 1. The van der Waals surface area contributed by atoms with Gasteiger partial charge in [0.05, 0.1) is 19.6 Å². The molecule has 0 saturated carbocycles. The number of para-hydroxylation sites is 1. The van der Waals surface area contributed by atoms with E-state index in [0.29, 0.717) is 0 Å². The molecule has 0 unspecified atom stereocenters. The largest absolute Gasteiger partial charge is 0.324 e. The Morgan fingerprint density at radius 2 is 1.89 bits per heavy atom. The van der Waals surface area contributed by atoms with Gasteiger partial charge in [0.25, 0.3) is 5.92 Å². The molecule has 1 heterocycles. The summed E-state index contributed by atoms with van der Waals surface area (Å²) in [5.74, 6) is -2.87. The molecule has 1 saturated heterocycles. The van der Waals surface area contributed by atoms with Crippen molar-refractivity contribution in [2.45, 2.75) is 19.8 Å². The smallest absolute Gasteiger partial charge is 0.272 e. The Bertz CT molecular complexity index is 446. The minimum atomic E-state index is -2.63. The second-order valence-electron chi connectivity index (χ2n) is 4.82. The number of likely N-dealkylation sites (tertiary alicyclic amines) is 1. The molecule has 0 aromatic heterocycles. The first-order chi connectivity index (χ1) is 8.37. The van der Waals surface area contributed by atoms with Crippen molar-refractivity contribution in [1.29, 1.82) is 0 Å². The SMILES string of the molecule is Cc1cccc(C)c1NC(=O)CN1CC(F)(F)C1. The number of alkyl halides is 2. The van der Waals surface area contributed by atoms with Crippen LogP contribution in [0.4, 0.5) is 14.5 Å². The van der Waals surface area contributed by atoms with Gasteiger partial charge in [-0.1, -0.05) is 18.2 Å². The number of carbonyl (C=O) groups excluding carboxylic acids is 1. The number of aryl methyl sites for hydroxylation is 2. The first-order valence-corrected chi connectivity index (χ1v) is 5.84. The monoisotopic (exact) mass is 254 g/mol. The lowest BCUT2D eigenvalue weighted by molar-refractivity contribution is -0.141. The lowest BCUT2D eigenvalue weighted by Gasteiger charge is -2.38. The van der Waals surface area contributed by atoms with Crippen LogP contribution in [0.1, 0.15) is 11.1 Å². The van der Waals surface area contributed by atoms with Gasteiger partial charge in [-0.3, -0.25) is 9.69 Å². The first kappa shape index (κ1) is 13.0. The number of nitrogens with zero attached hydrogens (tertiary/aromatic N) is 1. The van der Waals surface area contributed by atoms with E-state index in [-0.39, 0.29) is 25.5 Å². The molecule has 2 rings (SSSR count). The van der Waals surface area contributed by atoms with Crippen molar-refractivity contribution in [3.63, 3.8) is 0 Å². The minimum Gasteiger partial charge on any atom is -0.324 e. The van der Waals surface area contributed by atoms with Crippen LogP contribution < -0.4 is 5.32 Å². The molecule has 0 bridgehead atoms. The summed E-state index contributed by atoms with van der Waals surface area (Å²) >= 11 is 0. The number of anilines is 1. The van der Waals surface area contributed by atoms with E-state index in [1.165, 1.54) is 4.90 Å². The highest BCUT2D eigenvalue weighted by Crippen LogP contribution is 2.26. The number of amides is 1. The Balaban J connectivity index is 1.92. The van der Waals surface area contributed by atoms with Crippen molar-refractivity contribution in [3.05, 3.63) is 29.3 Å². The number of carbonyl (C=O) groups is 1. The Hall–Kier alpha value is -1.49. The number of nitrogens with one attached hydrogen (secondary N) is 1. The van der Waals surface area contributed by atoms with Crippen molar-refractivity contribution in [3.8, 4) is 0 Å². The number of hydrogen-bond acceptors (Lipinski definition) is 2. The molecule has 5 heteroatoms. The molecule has 0 spiro atoms. The molecular weight excluding hydrogens is 238 g/mol. The van der Waals surface area contributed by atoms with Gasteiger partial charge in [0, 0.05) is 5.69 Å². The molecule has 1 N–H and O–H groups in total. The van der Waals surface area contributed by atoms with Crippen LogP contribution in [0.15, 0.2) is 18.2 Å². The number of hydrogen-bond donors (Lipinski definition) is 1. The second kappa shape index (κ2) is 4.65. The van der Waals surface area contributed by atoms with Gasteiger partial charge in [0.2, 0.25) is 5.91 Å². The maximum Gasteiger partial charge on any atom is 0.272 e. The zero-order valence-electron chi connectivity index (χ0n) is 10.5. The summed E-state index contributed by atoms with van der Waals surface area (Å²) in [5.41, 5.74) is 2.71. The number of rotatable bonds is 3. The van der Waals surface area contributed by atoms with Crippen LogP contribution in [0.5, 0.6) is 0 Å². The fraction of sp³-hybridized carbons (Fsp3) is 0.462. The molecule has 1 amide bonds. The molecule has 1 aromatic rings. The lowest BCUT2D eigenvalue weighted by atomic mass is 10.1. The fourth-order valence-corrected chi connectivity index (χ4v) is 2.11. The van der Waals surface area contributed by atoms with E-state index in [2.05, 4.69) is 5.32 Å². The van der Waals surface area contributed by atoms with Gasteiger partial charge in [0.15, 0.2) is 0 Å². The lowest BCUT2D eigenvalue weighted by Crippen LogP contribution is -2.57. The Morgan fingerprint density at radius 3 is 2.39 bits per heavy atom.